The molecule has 0 aromatic carbocycles. The molecule has 35 valence electrons. The Morgan fingerprint density at radius 1 is 1.71 bits per heavy atom. The van der Waals surface area contributed by atoms with Gasteiger partial charge < -0.3 is 0 Å². The second-order valence-electron chi connectivity index (χ2n) is 0.958. The Labute approximate surface area is 46.2 Å². The predicted molar refractivity (Wildman–Crippen MR) is 25.9 cm³/mol. The lowest BCUT2D eigenvalue weighted by Gasteiger charge is -1.78. The zero-order chi connectivity index (χ0) is 5.11. The van der Waals surface area contributed by atoms with Crippen molar-refractivity contribution in [2.24, 2.45) is 0 Å². The minimum absolute atomic E-state index is 0.356. The fourth-order valence-electron chi connectivity index (χ4n) is 0.245. The van der Waals surface area contributed by atoms with Gasteiger partial charge >= 0.3 is 0 Å². The largest absolute Gasteiger partial charge is 0.244 e. The number of hydrogen-bond donors (Lipinski definition) is 0. The topological polar surface area (TPSA) is 25.8 Å². The van der Waals surface area contributed by atoms with Crippen LogP contribution >= 0.6 is 11.6 Å². The van der Waals surface area contributed by atoms with E-state index >= 15 is 0 Å². The molecule has 0 amide bonds. The van der Waals surface area contributed by atoms with Gasteiger partial charge in [0.1, 0.15) is 11.5 Å². The minimum Gasteiger partial charge on any atom is -0.244 e. The Balaban J connectivity index is 3.02. The van der Waals surface area contributed by atoms with Crippen LogP contribution in [0.15, 0.2) is 12.5 Å². The second kappa shape index (κ2) is 1.89. The smallest absolute Gasteiger partial charge is 0.140 e. The normalized spacial score (nSPS) is 8.71. The van der Waals surface area contributed by atoms with E-state index in [1.54, 1.807) is 0 Å². The van der Waals surface area contributed by atoms with Gasteiger partial charge in [-0.25, -0.2) is 9.97 Å². The predicted octanol–water partition coefficient (Wildman–Crippen LogP) is 0.930. The van der Waals surface area contributed by atoms with Gasteiger partial charge in [0.05, 0.1) is 0 Å². The van der Waals surface area contributed by atoms with Gasteiger partial charge in [-0.2, -0.15) is 0 Å². The van der Waals surface area contributed by atoms with Crippen molar-refractivity contribution in [3.8, 4) is 0 Å². The highest BCUT2D eigenvalue weighted by Gasteiger charge is 1.78. The lowest BCUT2D eigenvalue weighted by atomic mass is 10.7. The number of halogens is 1. The van der Waals surface area contributed by atoms with Crippen LogP contribution in [0.4, 0.5) is 0 Å². The molecule has 0 bridgehead atoms. The zero-order valence-corrected chi connectivity index (χ0v) is 4.18. The van der Waals surface area contributed by atoms with E-state index in [0.717, 1.165) is 0 Å². The minimum atomic E-state index is 0.356. The molecule has 0 aliphatic carbocycles. The molecule has 0 spiro atoms. The molecule has 1 heterocycles. The third kappa shape index (κ3) is 1.12. The summed E-state index contributed by atoms with van der Waals surface area (Å²) in [6.07, 6.45) is 2.84. The van der Waals surface area contributed by atoms with Crippen molar-refractivity contribution in [2.75, 3.05) is 0 Å². The SMILES string of the molecule is Clc1[c]cncn1. The molecule has 0 saturated carbocycles. The molecule has 0 saturated heterocycles. The van der Waals surface area contributed by atoms with Gasteiger partial charge in [-0.05, 0) is 0 Å². The summed E-state index contributed by atoms with van der Waals surface area (Å²) in [5, 5.41) is 0.356. The van der Waals surface area contributed by atoms with E-state index in [9.17, 15) is 0 Å². The lowest BCUT2D eigenvalue weighted by Crippen LogP contribution is -1.72. The van der Waals surface area contributed by atoms with E-state index in [-0.39, 0.29) is 0 Å². The van der Waals surface area contributed by atoms with Crippen molar-refractivity contribution in [3.05, 3.63) is 23.7 Å². The molecule has 0 aliphatic heterocycles. The highest BCUT2D eigenvalue weighted by molar-refractivity contribution is 6.29. The summed E-state index contributed by atoms with van der Waals surface area (Å²) in [7, 11) is 0. The van der Waals surface area contributed by atoms with Crippen LogP contribution in [-0.4, -0.2) is 9.97 Å². The fraction of sp³-hybridized carbons (Fsp3) is 0. The van der Waals surface area contributed by atoms with Crippen LogP contribution in [-0.2, 0) is 0 Å². The Kier molecular flexibility index (Phi) is 1.22. The summed E-state index contributed by atoms with van der Waals surface area (Å²) in [6, 6.07) is 2.57. The first-order chi connectivity index (χ1) is 3.39. The van der Waals surface area contributed by atoms with E-state index in [1.807, 2.05) is 0 Å². The molecule has 1 aromatic heterocycles. The first-order valence-electron chi connectivity index (χ1n) is 1.73. The molecule has 1 radical (unpaired) electrons. The molecule has 0 fully saturated rings. The number of hydrogen-bond acceptors (Lipinski definition) is 2. The Morgan fingerprint density at radius 3 is 2.86 bits per heavy atom. The fourth-order valence-corrected chi connectivity index (χ4v) is 0.338. The molecule has 0 aliphatic rings. The maximum absolute atomic E-state index is 5.33. The van der Waals surface area contributed by atoms with Crippen molar-refractivity contribution in [3.63, 3.8) is 0 Å². The van der Waals surface area contributed by atoms with Crippen LogP contribution in [0.25, 0.3) is 0 Å². The van der Waals surface area contributed by atoms with Gasteiger partial charge in [-0.1, -0.05) is 11.6 Å². The van der Waals surface area contributed by atoms with E-state index in [2.05, 4.69) is 16.0 Å². The highest BCUT2D eigenvalue weighted by Crippen LogP contribution is 1.95. The quantitative estimate of drug-likeness (QED) is 0.468. The summed E-state index contributed by atoms with van der Waals surface area (Å²) in [4.78, 5) is 7.17. The van der Waals surface area contributed by atoms with E-state index in [1.165, 1.54) is 12.5 Å². The average Bonchev–Trinajstić information content (AvgIpc) is 1.69. The van der Waals surface area contributed by atoms with E-state index in [4.69, 9.17) is 11.6 Å². The van der Waals surface area contributed by atoms with Crippen LogP contribution in [0, 0.1) is 6.07 Å². The van der Waals surface area contributed by atoms with Gasteiger partial charge in [0, 0.05) is 12.3 Å². The van der Waals surface area contributed by atoms with Crippen LogP contribution in [0.3, 0.4) is 0 Å². The summed E-state index contributed by atoms with van der Waals surface area (Å²) in [5.74, 6) is 0. The van der Waals surface area contributed by atoms with Gasteiger partial charge in [0.15, 0.2) is 0 Å². The van der Waals surface area contributed by atoms with Crippen LogP contribution in [0.5, 0.6) is 0 Å². The molecule has 1 rings (SSSR count). The summed E-state index contributed by atoms with van der Waals surface area (Å²) in [5.41, 5.74) is 0. The van der Waals surface area contributed by atoms with Crippen LogP contribution < -0.4 is 0 Å². The van der Waals surface area contributed by atoms with E-state index < -0.39 is 0 Å². The van der Waals surface area contributed by atoms with E-state index in [0.29, 0.717) is 5.15 Å². The summed E-state index contributed by atoms with van der Waals surface area (Å²) in [6.45, 7) is 0. The monoisotopic (exact) mass is 113 g/mol. The van der Waals surface area contributed by atoms with Gasteiger partial charge in [-0.3, -0.25) is 0 Å². The van der Waals surface area contributed by atoms with Crippen molar-refractivity contribution < 1.29 is 0 Å². The van der Waals surface area contributed by atoms with Crippen molar-refractivity contribution in [1.82, 2.24) is 9.97 Å². The molecular weight excluding hydrogens is 112 g/mol. The van der Waals surface area contributed by atoms with Gasteiger partial charge in [-0.15, -0.1) is 0 Å². The number of nitrogens with zero attached hydrogens (tertiary/aromatic N) is 2. The zero-order valence-electron chi connectivity index (χ0n) is 3.43. The summed E-state index contributed by atoms with van der Waals surface area (Å²) >= 11 is 5.33. The molecule has 0 unspecified atom stereocenters. The highest BCUT2D eigenvalue weighted by atomic mass is 35.5. The molecular formula is C4H2ClN2. The van der Waals surface area contributed by atoms with Gasteiger partial charge in [0.2, 0.25) is 0 Å². The third-order valence-corrected chi connectivity index (χ3v) is 0.703. The Hall–Kier alpha value is -0.630. The molecule has 1 aromatic rings. The maximum atomic E-state index is 5.33. The lowest BCUT2D eigenvalue weighted by molar-refractivity contribution is 1.16. The summed E-state index contributed by atoms with van der Waals surface area (Å²) < 4.78 is 0. The Morgan fingerprint density at radius 2 is 2.57 bits per heavy atom. The van der Waals surface area contributed by atoms with Crippen molar-refractivity contribution in [2.45, 2.75) is 0 Å². The van der Waals surface area contributed by atoms with Gasteiger partial charge in [0.25, 0.3) is 0 Å². The van der Waals surface area contributed by atoms with Crippen molar-refractivity contribution in [1.29, 1.82) is 0 Å². The molecule has 3 heteroatoms. The maximum Gasteiger partial charge on any atom is 0.140 e. The molecule has 0 N–H and O–H groups in total. The second-order valence-corrected chi connectivity index (χ2v) is 1.32. The first kappa shape index (κ1) is 4.53. The molecule has 2 nitrogen and oxygen atoms in total. The number of aromatic nitrogens is 2. The average molecular weight is 114 g/mol. The molecule has 7 heavy (non-hydrogen) atoms. The van der Waals surface area contributed by atoms with Crippen LogP contribution in [0.1, 0.15) is 0 Å². The standard InChI is InChI=1S/C4H2ClN2/c5-4-1-2-6-3-7-4/h2-3H. The Bertz CT molecular complexity index is 140. The number of rotatable bonds is 0. The van der Waals surface area contributed by atoms with Crippen molar-refractivity contribution >= 4 is 11.6 Å². The van der Waals surface area contributed by atoms with Crippen LogP contribution in [0.2, 0.25) is 5.15 Å². The first-order valence-corrected chi connectivity index (χ1v) is 2.10. The third-order valence-electron chi connectivity index (χ3n) is 0.496. The molecule has 0 atom stereocenters.